The lowest BCUT2D eigenvalue weighted by atomic mass is 9.70. The molecule has 0 radical (unpaired) electrons. The third-order valence-electron chi connectivity index (χ3n) is 6.43. The molecule has 0 spiro atoms. The topological polar surface area (TPSA) is 35.2 Å². The van der Waals surface area contributed by atoms with E-state index in [1.807, 2.05) is 6.07 Å². The van der Waals surface area contributed by atoms with Gasteiger partial charge in [0.05, 0.1) is 12.2 Å². The monoisotopic (exact) mass is 273 g/mol. The zero-order chi connectivity index (χ0) is 14.4. The molecule has 2 saturated carbocycles. The number of benzene rings is 1. The maximum atomic E-state index is 6.49. The van der Waals surface area contributed by atoms with E-state index in [1.165, 1.54) is 24.8 Å². The van der Waals surface area contributed by atoms with Crippen LogP contribution < -0.4 is 5.73 Å². The van der Waals surface area contributed by atoms with Crippen LogP contribution in [0.15, 0.2) is 30.3 Å². The predicted octanol–water partition coefficient (Wildman–Crippen LogP) is 3.92. The Morgan fingerprint density at radius 3 is 2.45 bits per heavy atom. The van der Waals surface area contributed by atoms with Crippen LogP contribution in [-0.4, -0.2) is 12.6 Å². The lowest BCUT2D eigenvalue weighted by molar-refractivity contribution is -0.0849. The fourth-order valence-corrected chi connectivity index (χ4v) is 4.47. The predicted molar refractivity (Wildman–Crippen MR) is 82.3 cm³/mol. The highest BCUT2D eigenvalue weighted by molar-refractivity contribution is 5.19. The Kier molecular flexibility index (Phi) is 3.42. The molecular weight excluding hydrogens is 246 g/mol. The second kappa shape index (κ2) is 4.85. The highest BCUT2D eigenvalue weighted by Gasteiger charge is 2.62. The first-order chi connectivity index (χ1) is 9.49. The van der Waals surface area contributed by atoms with Gasteiger partial charge in [0.15, 0.2) is 0 Å². The summed E-state index contributed by atoms with van der Waals surface area (Å²) in [5.74, 6) is 0.812. The summed E-state index contributed by atoms with van der Waals surface area (Å²) in [6.45, 7) is 7.83. The summed E-state index contributed by atoms with van der Waals surface area (Å²) in [6.07, 6.45) is 4.24. The molecule has 2 N–H and O–H groups in total. The largest absolute Gasteiger partial charge is 0.368 e. The van der Waals surface area contributed by atoms with Crippen molar-refractivity contribution in [2.45, 2.75) is 52.2 Å². The minimum atomic E-state index is 0.0353. The summed E-state index contributed by atoms with van der Waals surface area (Å²) in [4.78, 5) is 0. The van der Waals surface area contributed by atoms with E-state index < -0.39 is 0 Å². The molecule has 0 heterocycles. The minimum absolute atomic E-state index is 0.0353. The molecule has 20 heavy (non-hydrogen) atoms. The summed E-state index contributed by atoms with van der Waals surface area (Å²) in [5.41, 5.74) is 7.88. The lowest BCUT2D eigenvalue weighted by Gasteiger charge is -2.40. The third-order valence-corrected chi connectivity index (χ3v) is 6.43. The van der Waals surface area contributed by atoms with Crippen LogP contribution >= 0.6 is 0 Å². The average Bonchev–Trinajstić information content (AvgIpc) is 2.78. The van der Waals surface area contributed by atoms with Gasteiger partial charge >= 0.3 is 0 Å². The van der Waals surface area contributed by atoms with Gasteiger partial charge < -0.3 is 10.5 Å². The zero-order valence-electron chi connectivity index (χ0n) is 12.9. The van der Waals surface area contributed by atoms with Crippen molar-refractivity contribution in [3.8, 4) is 0 Å². The maximum absolute atomic E-state index is 6.49. The molecule has 0 amide bonds. The van der Waals surface area contributed by atoms with Gasteiger partial charge in [-0.1, -0.05) is 51.1 Å². The lowest BCUT2D eigenvalue weighted by Crippen LogP contribution is -2.38. The van der Waals surface area contributed by atoms with Crippen LogP contribution in [0.1, 0.15) is 51.7 Å². The van der Waals surface area contributed by atoms with E-state index in [2.05, 4.69) is 45.0 Å². The van der Waals surface area contributed by atoms with Crippen LogP contribution in [0.2, 0.25) is 0 Å². The minimum Gasteiger partial charge on any atom is -0.368 e. The molecule has 4 unspecified atom stereocenters. The molecule has 2 heteroatoms. The van der Waals surface area contributed by atoms with Gasteiger partial charge in [0.25, 0.3) is 0 Å². The molecule has 4 atom stereocenters. The van der Waals surface area contributed by atoms with E-state index in [1.54, 1.807) is 0 Å². The van der Waals surface area contributed by atoms with E-state index >= 15 is 0 Å². The van der Waals surface area contributed by atoms with E-state index in [0.717, 1.165) is 5.92 Å². The van der Waals surface area contributed by atoms with Gasteiger partial charge in [-0.15, -0.1) is 0 Å². The summed E-state index contributed by atoms with van der Waals surface area (Å²) in [6, 6.07) is 10.4. The first kappa shape index (κ1) is 14.1. The molecule has 3 rings (SSSR count). The van der Waals surface area contributed by atoms with E-state index in [-0.39, 0.29) is 6.10 Å². The molecular formula is C18H27NO. The Morgan fingerprint density at radius 1 is 1.25 bits per heavy atom. The number of nitrogens with two attached hydrogens (primary N) is 1. The Morgan fingerprint density at radius 2 is 1.95 bits per heavy atom. The van der Waals surface area contributed by atoms with Crippen LogP contribution in [0.5, 0.6) is 0 Å². The highest BCUT2D eigenvalue weighted by Crippen LogP contribution is 2.66. The molecule has 2 fully saturated rings. The highest BCUT2D eigenvalue weighted by atomic mass is 16.5. The normalized spacial score (nSPS) is 36.2. The van der Waals surface area contributed by atoms with Crippen molar-refractivity contribution in [2.24, 2.45) is 22.5 Å². The molecule has 1 aromatic rings. The van der Waals surface area contributed by atoms with E-state index in [4.69, 9.17) is 10.5 Å². The number of ether oxygens (including phenoxy) is 1. The van der Waals surface area contributed by atoms with Gasteiger partial charge in [-0.05, 0) is 41.6 Å². The van der Waals surface area contributed by atoms with E-state index in [9.17, 15) is 0 Å². The summed E-state index contributed by atoms with van der Waals surface area (Å²) < 4.78 is 6.49. The van der Waals surface area contributed by atoms with Crippen molar-refractivity contribution in [3.63, 3.8) is 0 Å². The van der Waals surface area contributed by atoms with Crippen LogP contribution in [-0.2, 0) is 4.74 Å². The average molecular weight is 273 g/mol. The number of hydrogen-bond donors (Lipinski definition) is 1. The first-order valence-electron chi connectivity index (χ1n) is 7.89. The van der Waals surface area contributed by atoms with Gasteiger partial charge in [0.1, 0.15) is 0 Å². The Labute approximate surface area is 122 Å². The molecule has 2 aliphatic carbocycles. The molecule has 1 aromatic carbocycles. The van der Waals surface area contributed by atoms with Crippen molar-refractivity contribution >= 4 is 0 Å². The standard InChI is InChI=1S/C18H27NO/c1-17(2)14-9-10-18(17,3)16(11-14)20-15(12-19)13-7-5-4-6-8-13/h4-8,14-16H,9-12,19H2,1-3H3. The van der Waals surface area contributed by atoms with Crippen LogP contribution in [0, 0.1) is 16.7 Å². The second-order valence-electron chi connectivity index (χ2n) is 7.37. The summed E-state index contributed by atoms with van der Waals surface area (Å²) >= 11 is 0. The van der Waals surface area contributed by atoms with Crippen LogP contribution in [0.25, 0.3) is 0 Å². The van der Waals surface area contributed by atoms with Crippen molar-refractivity contribution in [1.29, 1.82) is 0 Å². The van der Waals surface area contributed by atoms with Crippen molar-refractivity contribution in [1.82, 2.24) is 0 Å². The quantitative estimate of drug-likeness (QED) is 0.902. The van der Waals surface area contributed by atoms with Crippen molar-refractivity contribution < 1.29 is 4.74 Å². The Hall–Kier alpha value is -0.860. The number of rotatable bonds is 4. The SMILES string of the molecule is CC1(C)C2CCC1(C)C(OC(CN)c1ccccc1)C2. The maximum Gasteiger partial charge on any atom is 0.0951 e. The van der Waals surface area contributed by atoms with Gasteiger partial charge in [-0.3, -0.25) is 0 Å². The fourth-order valence-electron chi connectivity index (χ4n) is 4.47. The Bertz CT molecular complexity index is 470. The zero-order valence-corrected chi connectivity index (χ0v) is 12.9. The summed E-state index contributed by atoms with van der Waals surface area (Å²) in [7, 11) is 0. The smallest absolute Gasteiger partial charge is 0.0951 e. The molecule has 2 nitrogen and oxygen atoms in total. The molecule has 0 aromatic heterocycles. The van der Waals surface area contributed by atoms with Gasteiger partial charge in [-0.2, -0.15) is 0 Å². The van der Waals surface area contributed by atoms with Crippen molar-refractivity contribution in [2.75, 3.05) is 6.54 Å². The molecule has 110 valence electrons. The first-order valence-corrected chi connectivity index (χ1v) is 7.89. The van der Waals surface area contributed by atoms with Gasteiger partial charge in [0, 0.05) is 6.54 Å². The number of fused-ring (bicyclic) bond motifs is 2. The second-order valence-corrected chi connectivity index (χ2v) is 7.37. The Balaban J connectivity index is 1.79. The number of hydrogen-bond acceptors (Lipinski definition) is 2. The third kappa shape index (κ3) is 1.93. The van der Waals surface area contributed by atoms with E-state index in [0.29, 0.717) is 23.5 Å². The molecule has 0 saturated heterocycles. The molecule has 2 bridgehead atoms. The fraction of sp³-hybridized carbons (Fsp3) is 0.667. The van der Waals surface area contributed by atoms with Crippen LogP contribution in [0.4, 0.5) is 0 Å². The molecule has 0 aliphatic heterocycles. The van der Waals surface area contributed by atoms with Crippen LogP contribution in [0.3, 0.4) is 0 Å². The van der Waals surface area contributed by atoms with Gasteiger partial charge in [-0.25, -0.2) is 0 Å². The summed E-state index contributed by atoms with van der Waals surface area (Å²) in [5, 5.41) is 0. The van der Waals surface area contributed by atoms with Gasteiger partial charge in [0.2, 0.25) is 0 Å². The van der Waals surface area contributed by atoms with Crippen molar-refractivity contribution in [3.05, 3.63) is 35.9 Å². The molecule has 2 aliphatic rings.